The number of hydrogen-bond acceptors (Lipinski definition) is 2. The predicted octanol–water partition coefficient (Wildman–Crippen LogP) is 4.72. The lowest BCUT2D eigenvalue weighted by atomic mass is 10.0. The van der Waals surface area contributed by atoms with Gasteiger partial charge < -0.3 is 5.32 Å². The second-order valence-electron chi connectivity index (χ2n) is 5.56. The molecule has 1 aromatic carbocycles. The summed E-state index contributed by atoms with van der Waals surface area (Å²) < 4.78 is 0. The van der Waals surface area contributed by atoms with Crippen molar-refractivity contribution >= 4 is 11.3 Å². The topological polar surface area (TPSA) is 12.0 Å². The molecule has 0 aliphatic heterocycles. The van der Waals surface area contributed by atoms with E-state index in [1.54, 1.807) is 10.4 Å². The Kier molecular flexibility index (Phi) is 4.54. The standard InChI is InChI=1S/C18H23NS/c1-2-19-18(14-9-5-3-6-10-14)17-13-15-11-7-4-8-12-16(15)20-17/h3,5-6,9-10,13,18-19H,2,4,7-8,11-12H2,1H3. The van der Waals surface area contributed by atoms with Gasteiger partial charge in [0.1, 0.15) is 0 Å². The van der Waals surface area contributed by atoms with E-state index in [-0.39, 0.29) is 0 Å². The maximum Gasteiger partial charge on any atom is 0.0671 e. The van der Waals surface area contributed by atoms with Crippen LogP contribution in [0, 0.1) is 0 Å². The Morgan fingerprint density at radius 3 is 2.70 bits per heavy atom. The Balaban J connectivity index is 1.92. The van der Waals surface area contributed by atoms with Crippen LogP contribution in [0.5, 0.6) is 0 Å². The summed E-state index contributed by atoms with van der Waals surface area (Å²) >= 11 is 2.03. The molecular weight excluding hydrogens is 262 g/mol. The number of nitrogens with one attached hydrogen (secondary N) is 1. The molecule has 1 aliphatic rings. The first-order chi connectivity index (χ1) is 9.88. The fraction of sp³-hybridized carbons (Fsp3) is 0.444. The van der Waals surface area contributed by atoms with Crippen molar-refractivity contribution < 1.29 is 0 Å². The number of aryl methyl sites for hydroxylation is 2. The Bertz CT molecular complexity index is 520. The molecule has 2 heteroatoms. The van der Waals surface area contributed by atoms with Crippen molar-refractivity contribution in [2.24, 2.45) is 0 Å². The van der Waals surface area contributed by atoms with E-state index in [1.165, 1.54) is 42.5 Å². The lowest BCUT2D eigenvalue weighted by molar-refractivity contribution is 0.639. The highest BCUT2D eigenvalue weighted by Crippen LogP contribution is 2.34. The highest BCUT2D eigenvalue weighted by atomic mass is 32.1. The molecule has 0 amide bonds. The zero-order valence-electron chi connectivity index (χ0n) is 12.2. The molecule has 2 aromatic rings. The number of hydrogen-bond donors (Lipinski definition) is 1. The molecule has 1 aromatic heterocycles. The van der Waals surface area contributed by atoms with Crippen molar-refractivity contribution in [1.82, 2.24) is 5.32 Å². The molecule has 0 saturated heterocycles. The van der Waals surface area contributed by atoms with E-state index in [2.05, 4.69) is 48.6 Å². The Labute approximate surface area is 126 Å². The molecule has 3 rings (SSSR count). The van der Waals surface area contributed by atoms with Gasteiger partial charge in [0.2, 0.25) is 0 Å². The molecule has 106 valence electrons. The van der Waals surface area contributed by atoms with Gasteiger partial charge in [0.15, 0.2) is 0 Å². The predicted molar refractivity (Wildman–Crippen MR) is 87.5 cm³/mol. The largest absolute Gasteiger partial charge is 0.306 e. The number of fused-ring (bicyclic) bond motifs is 1. The highest BCUT2D eigenvalue weighted by molar-refractivity contribution is 7.12. The van der Waals surface area contributed by atoms with E-state index in [4.69, 9.17) is 0 Å². The third-order valence-electron chi connectivity index (χ3n) is 4.09. The van der Waals surface area contributed by atoms with E-state index >= 15 is 0 Å². The molecule has 1 N–H and O–H groups in total. The van der Waals surface area contributed by atoms with Gasteiger partial charge >= 0.3 is 0 Å². The molecule has 0 saturated carbocycles. The maximum absolute atomic E-state index is 3.65. The van der Waals surface area contributed by atoms with Crippen molar-refractivity contribution in [3.05, 3.63) is 57.3 Å². The van der Waals surface area contributed by atoms with Crippen LogP contribution in [0.2, 0.25) is 0 Å². The van der Waals surface area contributed by atoms with Crippen molar-refractivity contribution in [2.45, 2.75) is 45.1 Å². The Morgan fingerprint density at radius 2 is 1.90 bits per heavy atom. The summed E-state index contributed by atoms with van der Waals surface area (Å²) in [5.41, 5.74) is 2.99. The lowest BCUT2D eigenvalue weighted by Crippen LogP contribution is -2.20. The minimum absolute atomic E-state index is 0.359. The van der Waals surface area contributed by atoms with E-state index in [9.17, 15) is 0 Å². The first kappa shape index (κ1) is 13.8. The second kappa shape index (κ2) is 6.55. The summed E-state index contributed by atoms with van der Waals surface area (Å²) in [7, 11) is 0. The molecule has 20 heavy (non-hydrogen) atoms. The fourth-order valence-electron chi connectivity index (χ4n) is 3.07. The van der Waals surface area contributed by atoms with Crippen LogP contribution < -0.4 is 5.32 Å². The van der Waals surface area contributed by atoms with Crippen LogP contribution in [0.3, 0.4) is 0 Å². The highest BCUT2D eigenvalue weighted by Gasteiger charge is 2.19. The van der Waals surface area contributed by atoms with Gasteiger partial charge in [0, 0.05) is 9.75 Å². The van der Waals surface area contributed by atoms with E-state index in [0.717, 1.165) is 6.54 Å². The first-order valence-electron chi connectivity index (χ1n) is 7.78. The number of benzene rings is 1. The van der Waals surface area contributed by atoms with E-state index in [0.29, 0.717) is 6.04 Å². The van der Waals surface area contributed by atoms with Gasteiger partial charge in [-0.1, -0.05) is 43.7 Å². The van der Waals surface area contributed by atoms with Crippen LogP contribution >= 0.6 is 11.3 Å². The van der Waals surface area contributed by atoms with Crippen LogP contribution in [0.4, 0.5) is 0 Å². The number of rotatable bonds is 4. The molecule has 0 bridgehead atoms. The normalized spacial score (nSPS) is 16.4. The van der Waals surface area contributed by atoms with Crippen molar-refractivity contribution in [3.63, 3.8) is 0 Å². The quantitative estimate of drug-likeness (QED) is 0.802. The zero-order valence-corrected chi connectivity index (χ0v) is 13.0. The molecule has 0 fully saturated rings. The van der Waals surface area contributed by atoms with Crippen molar-refractivity contribution in [1.29, 1.82) is 0 Å². The summed E-state index contributed by atoms with van der Waals surface area (Å²) in [5.74, 6) is 0. The minimum atomic E-state index is 0.359. The minimum Gasteiger partial charge on any atom is -0.306 e. The molecule has 1 heterocycles. The van der Waals surface area contributed by atoms with Gasteiger partial charge in [-0.2, -0.15) is 0 Å². The lowest BCUT2D eigenvalue weighted by Gasteiger charge is -2.16. The van der Waals surface area contributed by atoms with E-state index in [1.807, 2.05) is 11.3 Å². The Morgan fingerprint density at radius 1 is 1.10 bits per heavy atom. The summed E-state index contributed by atoms with van der Waals surface area (Å²) in [5, 5.41) is 3.65. The van der Waals surface area contributed by atoms with Gasteiger partial charge in [-0.25, -0.2) is 0 Å². The third kappa shape index (κ3) is 2.97. The molecule has 0 spiro atoms. The summed E-state index contributed by atoms with van der Waals surface area (Å²) in [6.07, 6.45) is 6.68. The summed E-state index contributed by atoms with van der Waals surface area (Å²) in [6, 6.07) is 13.7. The van der Waals surface area contributed by atoms with Gasteiger partial charge in [0.25, 0.3) is 0 Å². The third-order valence-corrected chi connectivity index (χ3v) is 5.39. The van der Waals surface area contributed by atoms with Crippen LogP contribution in [0.25, 0.3) is 0 Å². The monoisotopic (exact) mass is 285 g/mol. The van der Waals surface area contributed by atoms with Gasteiger partial charge in [-0.05, 0) is 49.4 Å². The van der Waals surface area contributed by atoms with Gasteiger partial charge in [-0.3, -0.25) is 0 Å². The van der Waals surface area contributed by atoms with E-state index < -0.39 is 0 Å². The molecule has 1 unspecified atom stereocenters. The summed E-state index contributed by atoms with van der Waals surface area (Å²) in [4.78, 5) is 3.13. The molecule has 1 atom stereocenters. The fourth-order valence-corrected chi connectivity index (χ4v) is 4.43. The van der Waals surface area contributed by atoms with Crippen molar-refractivity contribution in [3.8, 4) is 0 Å². The van der Waals surface area contributed by atoms with Crippen LogP contribution in [0.1, 0.15) is 53.1 Å². The Hall–Kier alpha value is -1.12. The van der Waals surface area contributed by atoms with Crippen molar-refractivity contribution in [2.75, 3.05) is 6.54 Å². The van der Waals surface area contributed by atoms with Gasteiger partial charge in [-0.15, -0.1) is 11.3 Å². The molecule has 1 nitrogen and oxygen atoms in total. The zero-order chi connectivity index (χ0) is 13.8. The first-order valence-corrected chi connectivity index (χ1v) is 8.60. The van der Waals surface area contributed by atoms with Gasteiger partial charge in [0.05, 0.1) is 6.04 Å². The molecule has 0 radical (unpaired) electrons. The van der Waals surface area contributed by atoms with Crippen LogP contribution in [-0.2, 0) is 12.8 Å². The molecule has 1 aliphatic carbocycles. The second-order valence-corrected chi connectivity index (χ2v) is 6.73. The maximum atomic E-state index is 3.65. The SMILES string of the molecule is CCNC(c1ccccc1)c1cc2c(s1)CCCCC2. The molecular formula is C18H23NS. The smallest absolute Gasteiger partial charge is 0.0671 e. The van der Waals surface area contributed by atoms with Crippen LogP contribution in [0.15, 0.2) is 36.4 Å². The van der Waals surface area contributed by atoms with Crippen LogP contribution in [-0.4, -0.2) is 6.54 Å². The average Bonchev–Trinajstić information content (AvgIpc) is 2.76. The number of thiophene rings is 1. The summed E-state index contributed by atoms with van der Waals surface area (Å²) in [6.45, 7) is 3.19. The average molecular weight is 285 g/mol.